The number of allylic oxidation sites excluding steroid dienone is 2. The summed E-state index contributed by atoms with van der Waals surface area (Å²) in [4.78, 5) is 14.2. The third-order valence-corrected chi connectivity index (χ3v) is 4.24. The summed E-state index contributed by atoms with van der Waals surface area (Å²) in [5, 5.41) is 0. The zero-order valence-electron chi connectivity index (χ0n) is 11.3. The number of carbonyl (C=O) groups is 1. The number of hydrogen-bond donors (Lipinski definition) is 0. The number of nitrogens with zero attached hydrogens (tertiary/aromatic N) is 1. The van der Waals surface area contributed by atoms with E-state index in [0.29, 0.717) is 15.8 Å². The standard InChI is InChI=1S/C15H15NO2S2/c1-3-16-14(17)13(20-15(16)19)6-4-5-11-7-9-12(18-2)10-8-11/h4-10H,3H2,1-2H3/b5-4-,13-6-. The minimum atomic E-state index is -0.0121. The van der Waals surface area contributed by atoms with E-state index in [1.165, 1.54) is 11.8 Å². The molecule has 3 nitrogen and oxygen atoms in total. The molecule has 20 heavy (non-hydrogen) atoms. The predicted octanol–water partition coefficient (Wildman–Crippen LogP) is 3.47. The lowest BCUT2D eigenvalue weighted by Gasteiger charge is -2.09. The fraction of sp³-hybridized carbons (Fsp3) is 0.200. The van der Waals surface area contributed by atoms with Crippen LogP contribution in [0.2, 0.25) is 0 Å². The summed E-state index contributed by atoms with van der Waals surface area (Å²) in [5.74, 6) is 0.813. The van der Waals surface area contributed by atoms with Crippen LogP contribution < -0.4 is 4.74 Å². The van der Waals surface area contributed by atoms with Crippen molar-refractivity contribution in [1.82, 2.24) is 4.90 Å². The van der Waals surface area contributed by atoms with Crippen LogP contribution in [0.25, 0.3) is 6.08 Å². The maximum atomic E-state index is 12.0. The van der Waals surface area contributed by atoms with Crippen molar-refractivity contribution in [2.75, 3.05) is 13.7 Å². The van der Waals surface area contributed by atoms with Gasteiger partial charge in [0.15, 0.2) is 0 Å². The number of amides is 1. The Bertz CT molecular complexity index is 576. The highest BCUT2D eigenvalue weighted by Crippen LogP contribution is 2.30. The molecule has 0 radical (unpaired) electrons. The number of ether oxygens (including phenoxy) is 1. The van der Waals surface area contributed by atoms with Gasteiger partial charge in [-0.05, 0) is 30.7 Å². The number of likely N-dealkylation sites (N-methyl/N-ethyl adjacent to an activating group) is 1. The van der Waals surface area contributed by atoms with Crippen molar-refractivity contribution in [1.29, 1.82) is 0 Å². The molecule has 0 N–H and O–H groups in total. The van der Waals surface area contributed by atoms with Crippen LogP contribution in [0.3, 0.4) is 0 Å². The SMILES string of the molecule is CCN1C(=O)/C(=C/C=C\c2ccc(OC)cc2)SC1=S. The molecular weight excluding hydrogens is 290 g/mol. The smallest absolute Gasteiger partial charge is 0.266 e. The van der Waals surface area contributed by atoms with Gasteiger partial charge in [0.25, 0.3) is 5.91 Å². The van der Waals surface area contributed by atoms with E-state index in [4.69, 9.17) is 17.0 Å². The summed E-state index contributed by atoms with van der Waals surface area (Å²) in [5.41, 5.74) is 1.05. The van der Waals surface area contributed by atoms with Gasteiger partial charge >= 0.3 is 0 Å². The molecule has 0 bridgehead atoms. The average Bonchev–Trinajstić information content (AvgIpc) is 2.74. The van der Waals surface area contributed by atoms with Crippen LogP contribution in [0.15, 0.2) is 41.3 Å². The zero-order chi connectivity index (χ0) is 14.5. The molecule has 1 heterocycles. The summed E-state index contributed by atoms with van der Waals surface area (Å²) >= 11 is 6.50. The molecule has 5 heteroatoms. The Balaban J connectivity index is 2.07. The number of methoxy groups -OCH3 is 1. The number of carbonyl (C=O) groups excluding carboxylic acids is 1. The normalized spacial score (nSPS) is 17.5. The lowest BCUT2D eigenvalue weighted by atomic mass is 10.2. The quantitative estimate of drug-likeness (QED) is 0.629. The Morgan fingerprint density at radius 3 is 2.60 bits per heavy atom. The number of hydrogen-bond acceptors (Lipinski definition) is 4. The van der Waals surface area contributed by atoms with Gasteiger partial charge in [-0.15, -0.1) is 0 Å². The van der Waals surface area contributed by atoms with Gasteiger partial charge in [0, 0.05) is 6.54 Å². The first-order valence-corrected chi connectivity index (χ1v) is 7.44. The topological polar surface area (TPSA) is 29.5 Å². The summed E-state index contributed by atoms with van der Waals surface area (Å²) in [6, 6.07) is 7.72. The Kier molecular flexibility index (Phi) is 4.98. The molecule has 0 atom stereocenters. The van der Waals surface area contributed by atoms with Crippen molar-refractivity contribution < 1.29 is 9.53 Å². The second-order valence-corrected chi connectivity index (χ2v) is 5.76. The highest BCUT2D eigenvalue weighted by atomic mass is 32.2. The van der Waals surface area contributed by atoms with Crippen LogP contribution in [-0.4, -0.2) is 28.8 Å². The van der Waals surface area contributed by atoms with Gasteiger partial charge in [-0.25, -0.2) is 0 Å². The van der Waals surface area contributed by atoms with Gasteiger partial charge < -0.3 is 4.74 Å². The first-order valence-electron chi connectivity index (χ1n) is 6.21. The van der Waals surface area contributed by atoms with Gasteiger partial charge in [-0.2, -0.15) is 0 Å². The van der Waals surface area contributed by atoms with E-state index >= 15 is 0 Å². The van der Waals surface area contributed by atoms with Gasteiger partial charge in [-0.3, -0.25) is 9.69 Å². The molecule has 0 saturated carbocycles. The van der Waals surface area contributed by atoms with Crippen molar-refractivity contribution in [2.24, 2.45) is 0 Å². The van der Waals surface area contributed by atoms with Crippen LogP contribution in [0.4, 0.5) is 0 Å². The monoisotopic (exact) mass is 305 g/mol. The number of thiocarbonyl (C=S) groups is 1. The Hall–Kier alpha value is -1.59. The Labute approximate surface area is 128 Å². The molecule has 1 saturated heterocycles. The second kappa shape index (κ2) is 6.72. The summed E-state index contributed by atoms with van der Waals surface area (Å²) in [6.45, 7) is 2.53. The Morgan fingerprint density at radius 2 is 2.05 bits per heavy atom. The summed E-state index contributed by atoms with van der Waals surface area (Å²) in [7, 11) is 1.64. The lowest BCUT2D eigenvalue weighted by Crippen LogP contribution is -2.27. The fourth-order valence-electron chi connectivity index (χ4n) is 1.75. The molecule has 104 valence electrons. The molecular formula is C15H15NO2S2. The molecule has 0 spiro atoms. The average molecular weight is 305 g/mol. The predicted molar refractivity (Wildman–Crippen MR) is 87.7 cm³/mol. The van der Waals surface area contributed by atoms with Crippen LogP contribution in [0.5, 0.6) is 5.75 Å². The van der Waals surface area contributed by atoms with Crippen LogP contribution in [0, 0.1) is 0 Å². The van der Waals surface area contributed by atoms with E-state index in [-0.39, 0.29) is 5.91 Å². The maximum absolute atomic E-state index is 12.0. The van der Waals surface area contributed by atoms with Gasteiger partial charge in [-0.1, -0.05) is 48.3 Å². The zero-order valence-corrected chi connectivity index (χ0v) is 13.0. The lowest BCUT2D eigenvalue weighted by molar-refractivity contribution is -0.122. The number of thioether (sulfide) groups is 1. The van der Waals surface area contributed by atoms with Crippen molar-refractivity contribution >= 4 is 40.3 Å². The molecule has 0 aliphatic carbocycles. The number of rotatable bonds is 4. The number of benzene rings is 1. The van der Waals surface area contributed by atoms with Crippen molar-refractivity contribution in [3.63, 3.8) is 0 Å². The van der Waals surface area contributed by atoms with E-state index in [1.54, 1.807) is 18.1 Å². The molecule has 0 aromatic heterocycles. The van der Waals surface area contributed by atoms with E-state index < -0.39 is 0 Å². The molecule has 0 unspecified atom stereocenters. The molecule has 1 fully saturated rings. The van der Waals surface area contributed by atoms with Crippen molar-refractivity contribution in [3.05, 3.63) is 46.9 Å². The highest BCUT2D eigenvalue weighted by Gasteiger charge is 2.29. The highest BCUT2D eigenvalue weighted by molar-refractivity contribution is 8.26. The summed E-state index contributed by atoms with van der Waals surface area (Å²) in [6.07, 6.45) is 5.61. The fourth-order valence-corrected chi connectivity index (χ4v) is 3.08. The van der Waals surface area contributed by atoms with Gasteiger partial charge in [0.05, 0.1) is 12.0 Å². The molecule has 1 aromatic rings. The van der Waals surface area contributed by atoms with Crippen LogP contribution in [-0.2, 0) is 4.79 Å². The van der Waals surface area contributed by atoms with Gasteiger partial charge in [0.2, 0.25) is 0 Å². The maximum Gasteiger partial charge on any atom is 0.266 e. The summed E-state index contributed by atoms with van der Waals surface area (Å²) < 4.78 is 5.73. The molecule has 1 aliphatic rings. The van der Waals surface area contributed by atoms with Gasteiger partial charge in [0.1, 0.15) is 10.1 Å². The van der Waals surface area contributed by atoms with E-state index in [0.717, 1.165) is 11.3 Å². The molecule has 1 amide bonds. The van der Waals surface area contributed by atoms with E-state index in [2.05, 4.69) is 0 Å². The van der Waals surface area contributed by atoms with E-state index in [1.807, 2.05) is 43.3 Å². The van der Waals surface area contributed by atoms with Crippen LogP contribution >= 0.6 is 24.0 Å². The van der Waals surface area contributed by atoms with Crippen molar-refractivity contribution in [3.8, 4) is 5.75 Å². The van der Waals surface area contributed by atoms with Crippen molar-refractivity contribution in [2.45, 2.75) is 6.92 Å². The molecule has 1 aliphatic heterocycles. The molecule has 1 aromatic carbocycles. The van der Waals surface area contributed by atoms with E-state index in [9.17, 15) is 4.79 Å². The third kappa shape index (κ3) is 3.29. The van der Waals surface area contributed by atoms with Crippen LogP contribution in [0.1, 0.15) is 12.5 Å². The Morgan fingerprint density at radius 1 is 1.35 bits per heavy atom. The largest absolute Gasteiger partial charge is 0.497 e. The minimum Gasteiger partial charge on any atom is -0.497 e. The molecule has 2 rings (SSSR count). The first kappa shape index (κ1) is 14.8. The second-order valence-electron chi connectivity index (χ2n) is 4.08. The minimum absolute atomic E-state index is 0.0121. The first-order chi connectivity index (χ1) is 9.65. The third-order valence-electron chi connectivity index (χ3n) is 2.84.